The number of morpholine rings is 1. The number of guanidine groups is 1. The van der Waals surface area contributed by atoms with Crippen molar-refractivity contribution in [3.8, 4) is 0 Å². The van der Waals surface area contributed by atoms with Crippen molar-refractivity contribution in [3.63, 3.8) is 0 Å². The Hall–Kier alpha value is -0.510. The van der Waals surface area contributed by atoms with Crippen molar-refractivity contribution in [1.82, 2.24) is 15.5 Å². The van der Waals surface area contributed by atoms with E-state index in [1.54, 1.807) is 0 Å². The van der Waals surface area contributed by atoms with Crippen molar-refractivity contribution in [2.45, 2.75) is 35.3 Å². The van der Waals surface area contributed by atoms with Gasteiger partial charge in [-0.25, -0.2) is 0 Å². The number of unbranched alkanes of at least 4 members (excludes halogenated alkanes) is 1. The van der Waals surface area contributed by atoms with Gasteiger partial charge in [-0.1, -0.05) is 18.2 Å². The van der Waals surface area contributed by atoms with Gasteiger partial charge in [-0.3, -0.25) is 9.89 Å². The van der Waals surface area contributed by atoms with E-state index < -0.39 is 0 Å². The minimum Gasteiger partial charge on any atom is -0.379 e. The smallest absolute Gasteiger partial charge is 0.191 e. The summed E-state index contributed by atoms with van der Waals surface area (Å²) in [6.45, 7) is 7.06. The second-order valence-electron chi connectivity index (χ2n) is 7.11. The summed E-state index contributed by atoms with van der Waals surface area (Å²) in [5, 5.41) is 6.98. The monoisotopic (exact) mass is 504 g/mol. The number of hydrogen-bond acceptors (Lipinski definition) is 4. The van der Waals surface area contributed by atoms with Crippen LogP contribution in [-0.2, 0) is 4.74 Å². The van der Waals surface area contributed by atoms with Gasteiger partial charge in [-0.05, 0) is 44.4 Å². The van der Waals surface area contributed by atoms with Crippen LogP contribution in [0.4, 0.5) is 0 Å². The second-order valence-corrected chi connectivity index (χ2v) is 8.65. The fourth-order valence-electron chi connectivity index (χ4n) is 3.15. The summed E-state index contributed by atoms with van der Waals surface area (Å²) in [5.41, 5.74) is 0. The first-order valence-electron chi connectivity index (χ1n) is 9.78. The average molecular weight is 504 g/mol. The maximum Gasteiger partial charge on any atom is 0.191 e. The van der Waals surface area contributed by atoms with E-state index in [1.807, 2.05) is 18.8 Å². The molecule has 5 nitrogen and oxygen atoms in total. The molecule has 0 amide bonds. The molecule has 0 atom stereocenters. The number of hydrogen-bond donors (Lipinski definition) is 2. The molecule has 1 heterocycles. The molecule has 7 heteroatoms. The van der Waals surface area contributed by atoms with Gasteiger partial charge in [0, 0.05) is 42.9 Å². The molecule has 1 aromatic carbocycles. The van der Waals surface area contributed by atoms with Crippen molar-refractivity contribution in [1.29, 1.82) is 0 Å². The Balaban J connectivity index is 0.00000261. The van der Waals surface area contributed by atoms with E-state index in [9.17, 15) is 0 Å². The molecule has 2 fully saturated rings. The van der Waals surface area contributed by atoms with Crippen LogP contribution in [0.15, 0.2) is 40.2 Å². The minimum absolute atomic E-state index is 0. The Morgan fingerprint density at radius 3 is 2.56 bits per heavy atom. The summed E-state index contributed by atoms with van der Waals surface area (Å²) in [4.78, 5) is 8.23. The van der Waals surface area contributed by atoms with Crippen molar-refractivity contribution in [3.05, 3.63) is 30.3 Å². The first-order chi connectivity index (χ1) is 12.8. The topological polar surface area (TPSA) is 48.9 Å². The number of nitrogens with zero attached hydrogens (tertiary/aromatic N) is 2. The fraction of sp³-hybridized carbons (Fsp3) is 0.650. The van der Waals surface area contributed by atoms with E-state index in [0.29, 0.717) is 4.75 Å². The Morgan fingerprint density at radius 2 is 1.89 bits per heavy atom. The van der Waals surface area contributed by atoms with Crippen LogP contribution < -0.4 is 10.6 Å². The zero-order chi connectivity index (χ0) is 18.1. The van der Waals surface area contributed by atoms with Crippen LogP contribution in [0.3, 0.4) is 0 Å². The second kappa shape index (κ2) is 12.1. The summed E-state index contributed by atoms with van der Waals surface area (Å²) >= 11 is 2.00. The molecule has 0 aromatic heterocycles. The lowest BCUT2D eigenvalue weighted by Crippen LogP contribution is -2.41. The molecular weight excluding hydrogens is 471 g/mol. The molecular formula is C20H33IN4OS. The Kier molecular flexibility index (Phi) is 10.2. The average Bonchev–Trinajstić information content (AvgIpc) is 3.45. The third-order valence-electron chi connectivity index (χ3n) is 4.98. The summed E-state index contributed by atoms with van der Waals surface area (Å²) in [5.74, 6) is 0.927. The molecule has 1 aromatic rings. The quantitative estimate of drug-likeness (QED) is 0.234. The number of benzene rings is 1. The van der Waals surface area contributed by atoms with Gasteiger partial charge in [0.2, 0.25) is 0 Å². The highest BCUT2D eigenvalue weighted by molar-refractivity contribution is 14.0. The molecule has 0 spiro atoms. The highest BCUT2D eigenvalue weighted by Crippen LogP contribution is 2.51. The predicted molar refractivity (Wildman–Crippen MR) is 126 cm³/mol. The third-order valence-corrected chi connectivity index (χ3v) is 6.48. The van der Waals surface area contributed by atoms with Gasteiger partial charge < -0.3 is 15.4 Å². The standard InChI is InChI=1S/C20H32N4OS.HI/c1-21-19(22-11-5-6-12-24-13-15-25-16-14-24)23-17-20(9-10-20)26-18-7-3-2-4-8-18;/h2-4,7-8H,5-6,9-17H2,1H3,(H2,21,22,23);1H. The molecule has 27 heavy (non-hydrogen) atoms. The Labute approximate surface area is 185 Å². The molecule has 0 unspecified atom stereocenters. The lowest BCUT2D eigenvalue weighted by molar-refractivity contribution is 0.0372. The summed E-state index contributed by atoms with van der Waals surface area (Å²) < 4.78 is 5.73. The van der Waals surface area contributed by atoms with Gasteiger partial charge >= 0.3 is 0 Å². The van der Waals surface area contributed by atoms with Crippen LogP contribution >= 0.6 is 35.7 Å². The lowest BCUT2D eigenvalue weighted by Gasteiger charge is -2.26. The van der Waals surface area contributed by atoms with Gasteiger partial charge in [0.1, 0.15) is 0 Å². The number of thioether (sulfide) groups is 1. The third kappa shape index (κ3) is 8.17. The van der Waals surface area contributed by atoms with Gasteiger partial charge in [-0.15, -0.1) is 35.7 Å². The maximum atomic E-state index is 5.39. The van der Waals surface area contributed by atoms with Gasteiger partial charge in [0.05, 0.1) is 13.2 Å². The van der Waals surface area contributed by atoms with E-state index >= 15 is 0 Å². The van der Waals surface area contributed by atoms with Crippen molar-refractivity contribution in [2.75, 3.05) is 53.0 Å². The molecule has 1 saturated heterocycles. The van der Waals surface area contributed by atoms with Crippen molar-refractivity contribution < 1.29 is 4.74 Å². The first kappa shape index (κ1) is 22.8. The zero-order valence-electron chi connectivity index (χ0n) is 16.3. The molecule has 1 saturated carbocycles. The number of rotatable bonds is 9. The van der Waals surface area contributed by atoms with Gasteiger partial charge in [-0.2, -0.15) is 0 Å². The van der Waals surface area contributed by atoms with Crippen LogP contribution in [0, 0.1) is 0 Å². The molecule has 1 aliphatic heterocycles. The largest absolute Gasteiger partial charge is 0.379 e. The molecule has 1 aliphatic carbocycles. The Bertz CT molecular complexity index is 562. The highest BCUT2D eigenvalue weighted by Gasteiger charge is 2.43. The van der Waals surface area contributed by atoms with Crippen LogP contribution in [0.5, 0.6) is 0 Å². The number of ether oxygens (including phenoxy) is 1. The molecule has 0 bridgehead atoms. The Morgan fingerprint density at radius 1 is 1.15 bits per heavy atom. The summed E-state index contributed by atoms with van der Waals surface area (Å²) in [6.07, 6.45) is 4.94. The van der Waals surface area contributed by atoms with Gasteiger partial charge in [0.15, 0.2) is 5.96 Å². The van der Waals surface area contributed by atoms with E-state index in [1.165, 1.54) is 37.1 Å². The van der Waals surface area contributed by atoms with E-state index in [4.69, 9.17) is 4.74 Å². The molecule has 152 valence electrons. The molecule has 0 radical (unpaired) electrons. The molecule has 2 aliphatic rings. The van der Waals surface area contributed by atoms with E-state index in [2.05, 4.69) is 50.9 Å². The number of nitrogens with one attached hydrogen (secondary N) is 2. The van der Waals surface area contributed by atoms with Crippen LogP contribution in [0.2, 0.25) is 0 Å². The lowest BCUT2D eigenvalue weighted by atomic mass is 10.2. The predicted octanol–water partition coefficient (Wildman–Crippen LogP) is 3.21. The first-order valence-corrected chi connectivity index (χ1v) is 10.6. The van der Waals surface area contributed by atoms with Gasteiger partial charge in [0.25, 0.3) is 0 Å². The highest BCUT2D eigenvalue weighted by atomic mass is 127. The SMILES string of the molecule is CN=C(NCCCCN1CCOCC1)NCC1(Sc2ccccc2)CC1.I. The van der Waals surface area contributed by atoms with Crippen molar-refractivity contribution >= 4 is 41.7 Å². The zero-order valence-corrected chi connectivity index (χ0v) is 19.4. The minimum atomic E-state index is 0. The number of aliphatic imine (C=N–C) groups is 1. The van der Waals surface area contributed by atoms with Crippen LogP contribution in [-0.4, -0.2) is 68.6 Å². The van der Waals surface area contributed by atoms with Crippen molar-refractivity contribution in [2.24, 2.45) is 4.99 Å². The van der Waals surface area contributed by atoms with E-state index in [0.717, 1.165) is 45.4 Å². The summed E-state index contributed by atoms with van der Waals surface area (Å²) in [7, 11) is 1.85. The molecule has 2 N–H and O–H groups in total. The molecule has 3 rings (SSSR count). The summed E-state index contributed by atoms with van der Waals surface area (Å²) in [6, 6.07) is 10.7. The number of halogens is 1. The van der Waals surface area contributed by atoms with E-state index in [-0.39, 0.29) is 24.0 Å². The maximum absolute atomic E-state index is 5.39. The van der Waals surface area contributed by atoms with Crippen LogP contribution in [0.25, 0.3) is 0 Å². The van der Waals surface area contributed by atoms with Crippen LogP contribution in [0.1, 0.15) is 25.7 Å². The fourth-order valence-corrected chi connectivity index (χ4v) is 4.39. The normalized spacial score (nSPS) is 19.2.